The number of aldehydes is 1. The summed E-state index contributed by atoms with van der Waals surface area (Å²) in [5.74, 6) is 0. The van der Waals surface area contributed by atoms with E-state index in [1.54, 1.807) is 6.66 Å². The molecule has 0 aromatic carbocycles. The van der Waals surface area contributed by atoms with Gasteiger partial charge < -0.3 is 9.36 Å². The minimum absolute atomic E-state index is 0. The van der Waals surface area contributed by atoms with Gasteiger partial charge in [-0.1, -0.05) is 0 Å². The van der Waals surface area contributed by atoms with E-state index in [4.69, 9.17) is 0 Å². The maximum Gasteiger partial charge on any atom is 0.127 e. The van der Waals surface area contributed by atoms with Crippen LogP contribution in [-0.2, 0) is 42.1 Å². The topological polar surface area (TPSA) is 34.1 Å². The minimum atomic E-state index is -1.50. The molecule has 0 heterocycles. The van der Waals surface area contributed by atoms with Crippen LogP contribution in [0.3, 0.4) is 0 Å². The van der Waals surface area contributed by atoms with Gasteiger partial charge in [0.15, 0.2) is 0 Å². The van der Waals surface area contributed by atoms with Crippen LogP contribution in [0.15, 0.2) is 0 Å². The summed E-state index contributed by atoms with van der Waals surface area (Å²) in [6.45, 7) is 1.57. The van der Waals surface area contributed by atoms with E-state index in [1.165, 1.54) is 0 Å². The molecule has 39 valence electrons. The summed E-state index contributed by atoms with van der Waals surface area (Å²) < 4.78 is 10.00. The Balaban J connectivity index is 0. The van der Waals surface area contributed by atoms with Crippen molar-refractivity contribution in [1.29, 1.82) is 0 Å². The van der Waals surface area contributed by atoms with Crippen molar-refractivity contribution in [3.63, 3.8) is 0 Å². The minimum Gasteiger partial charge on any atom is -0.327 e. The Labute approximate surface area is 68.7 Å². The van der Waals surface area contributed by atoms with E-state index in [-0.39, 0.29) is 38.9 Å². The number of rotatable bonds is 2. The van der Waals surface area contributed by atoms with Crippen molar-refractivity contribution in [2.75, 3.05) is 12.8 Å². The summed E-state index contributed by atoms with van der Waals surface area (Å²) in [5, 5.41) is 0. The first-order chi connectivity index (χ1) is 2.77. The SMILES string of the molecule is C[PH](=O)CC=O.[Y]. The van der Waals surface area contributed by atoms with Crippen LogP contribution < -0.4 is 0 Å². The third-order valence-electron chi connectivity index (χ3n) is 0.371. The van der Waals surface area contributed by atoms with E-state index in [9.17, 15) is 9.36 Å². The van der Waals surface area contributed by atoms with Crippen molar-refractivity contribution >= 4 is 14.1 Å². The first kappa shape index (κ1) is 10.9. The van der Waals surface area contributed by atoms with E-state index in [2.05, 4.69) is 0 Å². The molecule has 0 aromatic rings. The van der Waals surface area contributed by atoms with Crippen LogP contribution in [-0.4, -0.2) is 19.1 Å². The fourth-order valence-corrected chi connectivity index (χ4v) is 0.352. The van der Waals surface area contributed by atoms with Gasteiger partial charge in [0.1, 0.15) is 6.29 Å². The summed E-state index contributed by atoms with van der Waals surface area (Å²) >= 11 is 0. The molecule has 4 heteroatoms. The van der Waals surface area contributed by atoms with E-state index in [1.807, 2.05) is 0 Å². The molecule has 0 saturated carbocycles. The van der Waals surface area contributed by atoms with Crippen LogP contribution >= 0.6 is 7.80 Å². The Hall–Kier alpha value is 1.00. The molecular formula is C3H7O2PY. The number of hydrogen-bond acceptors (Lipinski definition) is 2. The van der Waals surface area contributed by atoms with Crippen LogP contribution in [0, 0.1) is 0 Å². The molecule has 1 atom stereocenters. The van der Waals surface area contributed by atoms with Crippen LogP contribution in [0.1, 0.15) is 0 Å². The second kappa shape index (κ2) is 7.00. The second-order valence-electron chi connectivity index (χ2n) is 1.07. The smallest absolute Gasteiger partial charge is 0.127 e. The predicted octanol–water partition coefficient (Wildman–Crippen LogP) is 0.372. The Bertz CT molecular complexity index is 73.3. The number of hydrogen-bond donors (Lipinski definition) is 0. The van der Waals surface area contributed by atoms with Crippen molar-refractivity contribution in [3.8, 4) is 0 Å². The van der Waals surface area contributed by atoms with Gasteiger partial charge in [0.2, 0.25) is 0 Å². The molecule has 1 unspecified atom stereocenters. The van der Waals surface area contributed by atoms with Crippen LogP contribution in [0.2, 0.25) is 0 Å². The van der Waals surface area contributed by atoms with Crippen molar-refractivity contribution in [2.24, 2.45) is 0 Å². The number of carbonyl (C=O) groups is 1. The quantitative estimate of drug-likeness (QED) is 0.471. The molecule has 0 bridgehead atoms. The van der Waals surface area contributed by atoms with Gasteiger partial charge in [0, 0.05) is 32.7 Å². The van der Waals surface area contributed by atoms with E-state index in [0.717, 1.165) is 0 Å². The van der Waals surface area contributed by atoms with Crippen LogP contribution in [0.25, 0.3) is 0 Å². The van der Waals surface area contributed by atoms with E-state index in [0.29, 0.717) is 6.29 Å². The zero-order valence-corrected chi connectivity index (χ0v) is 8.02. The predicted molar refractivity (Wildman–Crippen MR) is 25.9 cm³/mol. The van der Waals surface area contributed by atoms with E-state index < -0.39 is 7.80 Å². The third kappa shape index (κ3) is 10.9. The molecule has 0 aliphatic heterocycles. The van der Waals surface area contributed by atoms with Gasteiger partial charge in [0.25, 0.3) is 0 Å². The fraction of sp³-hybridized carbons (Fsp3) is 0.667. The van der Waals surface area contributed by atoms with E-state index >= 15 is 0 Å². The van der Waals surface area contributed by atoms with Crippen molar-refractivity contribution in [1.82, 2.24) is 0 Å². The Morgan fingerprint density at radius 3 is 2.14 bits per heavy atom. The average Bonchev–Trinajstić information content (AvgIpc) is 1.35. The van der Waals surface area contributed by atoms with Gasteiger partial charge in [-0.3, -0.25) is 0 Å². The largest absolute Gasteiger partial charge is 0.327 e. The standard InChI is InChI=1S/C3H7O2P.Y/c1-6(5)3-2-4;/h2,6H,3H2,1H3;. The Morgan fingerprint density at radius 1 is 1.71 bits per heavy atom. The normalized spacial score (nSPS) is 11.6. The molecule has 0 fully saturated rings. The van der Waals surface area contributed by atoms with Gasteiger partial charge in [-0.05, 0) is 6.66 Å². The van der Waals surface area contributed by atoms with Crippen LogP contribution in [0.4, 0.5) is 0 Å². The molecule has 7 heavy (non-hydrogen) atoms. The maximum absolute atomic E-state index is 10.00. The molecule has 0 aliphatic carbocycles. The molecule has 2 nitrogen and oxygen atoms in total. The fourth-order valence-electron chi connectivity index (χ4n) is 0.117. The Kier molecular flexibility index (Phi) is 10.9. The monoisotopic (exact) mass is 195 g/mol. The second-order valence-corrected chi connectivity index (χ2v) is 2.89. The van der Waals surface area contributed by atoms with Gasteiger partial charge in [-0.15, -0.1) is 0 Å². The van der Waals surface area contributed by atoms with Crippen molar-refractivity contribution in [2.45, 2.75) is 0 Å². The van der Waals surface area contributed by atoms with Gasteiger partial charge in [-0.2, -0.15) is 0 Å². The zero-order valence-electron chi connectivity index (χ0n) is 4.18. The molecule has 0 amide bonds. The molecule has 0 rings (SSSR count). The zero-order chi connectivity index (χ0) is 4.99. The Morgan fingerprint density at radius 2 is 2.14 bits per heavy atom. The van der Waals surface area contributed by atoms with Gasteiger partial charge in [-0.25, -0.2) is 0 Å². The van der Waals surface area contributed by atoms with Crippen LogP contribution in [0.5, 0.6) is 0 Å². The molecule has 0 aliphatic rings. The summed E-state index contributed by atoms with van der Waals surface area (Å²) in [7, 11) is -1.50. The maximum atomic E-state index is 10.00. The number of carbonyl (C=O) groups excluding carboxylic acids is 1. The summed E-state index contributed by atoms with van der Waals surface area (Å²) in [4.78, 5) is 9.44. The molecular weight excluding hydrogens is 188 g/mol. The molecule has 0 saturated heterocycles. The van der Waals surface area contributed by atoms with Crippen molar-refractivity contribution < 1.29 is 42.1 Å². The summed E-state index contributed by atoms with van der Waals surface area (Å²) in [6, 6.07) is 0. The molecule has 1 radical (unpaired) electrons. The molecule has 0 N–H and O–H groups in total. The summed E-state index contributed by atoms with van der Waals surface area (Å²) in [6.07, 6.45) is 0.923. The summed E-state index contributed by atoms with van der Waals surface area (Å²) in [5.41, 5.74) is 0. The van der Waals surface area contributed by atoms with Gasteiger partial charge >= 0.3 is 0 Å². The molecule has 0 spiro atoms. The van der Waals surface area contributed by atoms with Gasteiger partial charge in [0.05, 0.1) is 14.0 Å². The molecule has 0 aromatic heterocycles. The first-order valence-electron chi connectivity index (χ1n) is 1.70. The third-order valence-corrected chi connectivity index (χ3v) is 1.11. The first-order valence-corrected chi connectivity index (χ1v) is 3.82. The average molecular weight is 195 g/mol. The van der Waals surface area contributed by atoms with Crippen molar-refractivity contribution in [3.05, 3.63) is 0 Å².